The van der Waals surface area contributed by atoms with Crippen LogP contribution in [0.5, 0.6) is 11.5 Å². The fourth-order valence-electron chi connectivity index (χ4n) is 2.48. The minimum Gasteiger partial charge on any atom is -0.454 e. The summed E-state index contributed by atoms with van der Waals surface area (Å²) in [6.45, 7) is 3.60. The molecule has 1 aliphatic heterocycles. The van der Waals surface area contributed by atoms with Crippen LogP contribution >= 0.6 is 11.3 Å². The minimum atomic E-state index is 0.188. The number of hydrogen-bond donors (Lipinski definition) is 0. The molecule has 22 heavy (non-hydrogen) atoms. The molecule has 0 aliphatic carbocycles. The molecular formula is C17H19NO3S. The van der Waals surface area contributed by atoms with Crippen molar-refractivity contribution in [3.63, 3.8) is 0 Å². The zero-order valence-corrected chi connectivity index (χ0v) is 13.4. The van der Waals surface area contributed by atoms with Crippen molar-refractivity contribution in [3.05, 3.63) is 46.2 Å². The van der Waals surface area contributed by atoms with Crippen LogP contribution in [-0.2, 0) is 17.8 Å². The number of hydrogen-bond acceptors (Lipinski definition) is 4. The Balaban J connectivity index is 1.60. The second-order valence-corrected chi connectivity index (χ2v) is 6.21. The van der Waals surface area contributed by atoms with Gasteiger partial charge in [-0.25, -0.2) is 0 Å². The Morgan fingerprint density at radius 3 is 2.91 bits per heavy atom. The highest BCUT2D eigenvalue weighted by Gasteiger charge is 2.16. The molecule has 1 amide bonds. The molecule has 1 aromatic carbocycles. The zero-order chi connectivity index (χ0) is 15.4. The molecule has 1 aliphatic rings. The van der Waals surface area contributed by atoms with E-state index in [0.29, 0.717) is 19.5 Å². The van der Waals surface area contributed by atoms with Gasteiger partial charge in [-0.05, 0) is 42.5 Å². The highest BCUT2D eigenvalue weighted by Crippen LogP contribution is 2.32. The van der Waals surface area contributed by atoms with Crippen molar-refractivity contribution in [1.82, 2.24) is 4.90 Å². The van der Waals surface area contributed by atoms with Crippen LogP contribution in [0.4, 0.5) is 0 Å². The summed E-state index contributed by atoms with van der Waals surface area (Å²) in [5, 5.41) is 2.05. The van der Waals surface area contributed by atoms with Crippen LogP contribution in [0, 0.1) is 0 Å². The molecule has 116 valence electrons. The highest BCUT2D eigenvalue weighted by molar-refractivity contribution is 7.09. The molecule has 0 unspecified atom stereocenters. The average Bonchev–Trinajstić information content (AvgIpc) is 3.20. The Labute approximate surface area is 134 Å². The van der Waals surface area contributed by atoms with Gasteiger partial charge in [0.2, 0.25) is 12.7 Å². The Morgan fingerprint density at radius 2 is 2.14 bits per heavy atom. The predicted octanol–water partition coefficient (Wildman–Crippen LogP) is 3.46. The molecule has 2 heterocycles. The first-order chi connectivity index (χ1) is 10.8. The van der Waals surface area contributed by atoms with E-state index in [1.165, 1.54) is 4.88 Å². The van der Waals surface area contributed by atoms with E-state index < -0.39 is 0 Å². The van der Waals surface area contributed by atoms with E-state index in [-0.39, 0.29) is 12.7 Å². The molecule has 3 rings (SSSR count). The predicted molar refractivity (Wildman–Crippen MR) is 86.3 cm³/mol. The zero-order valence-electron chi connectivity index (χ0n) is 12.6. The molecule has 0 atom stereocenters. The van der Waals surface area contributed by atoms with Crippen molar-refractivity contribution in [2.75, 3.05) is 13.3 Å². The van der Waals surface area contributed by atoms with Crippen LogP contribution in [0.25, 0.3) is 0 Å². The number of aryl methyl sites for hydroxylation is 1. The lowest BCUT2D eigenvalue weighted by Crippen LogP contribution is -2.30. The van der Waals surface area contributed by atoms with E-state index in [9.17, 15) is 4.79 Å². The summed E-state index contributed by atoms with van der Waals surface area (Å²) in [5.41, 5.74) is 1.07. The number of nitrogens with zero attached hydrogens (tertiary/aromatic N) is 1. The van der Waals surface area contributed by atoms with Gasteiger partial charge in [0, 0.05) is 24.4 Å². The third kappa shape index (κ3) is 3.42. The summed E-state index contributed by atoms with van der Waals surface area (Å²) >= 11 is 1.70. The van der Waals surface area contributed by atoms with Crippen molar-refractivity contribution < 1.29 is 14.3 Å². The Kier molecular flexibility index (Phi) is 4.63. The van der Waals surface area contributed by atoms with Gasteiger partial charge >= 0.3 is 0 Å². The second kappa shape index (κ2) is 6.83. The summed E-state index contributed by atoms with van der Waals surface area (Å²) in [4.78, 5) is 15.5. The number of thiophene rings is 1. The summed E-state index contributed by atoms with van der Waals surface area (Å²) in [6.07, 6.45) is 1.37. The molecule has 0 saturated heterocycles. The SMILES string of the molecule is CCN(Cc1ccc2c(c1)OCO2)C(=O)CCc1cccs1. The monoisotopic (exact) mass is 317 g/mol. The number of amides is 1. The molecule has 1 aromatic heterocycles. The average molecular weight is 317 g/mol. The fourth-order valence-corrected chi connectivity index (χ4v) is 3.19. The van der Waals surface area contributed by atoms with Gasteiger partial charge in [0.15, 0.2) is 11.5 Å². The first-order valence-corrected chi connectivity index (χ1v) is 8.33. The molecule has 0 radical (unpaired) electrons. The van der Waals surface area contributed by atoms with Crippen LogP contribution in [0.3, 0.4) is 0 Å². The van der Waals surface area contributed by atoms with Crippen molar-refractivity contribution >= 4 is 17.2 Å². The largest absolute Gasteiger partial charge is 0.454 e. The van der Waals surface area contributed by atoms with Gasteiger partial charge < -0.3 is 14.4 Å². The standard InChI is InChI=1S/C17H19NO3S/c1-2-18(17(19)8-6-14-4-3-9-22-14)11-13-5-7-15-16(10-13)21-12-20-15/h3-5,7,9-10H,2,6,8,11-12H2,1H3. The van der Waals surface area contributed by atoms with E-state index >= 15 is 0 Å². The van der Waals surface area contributed by atoms with Gasteiger partial charge in [0.05, 0.1) is 0 Å². The van der Waals surface area contributed by atoms with Crippen LogP contribution in [0.1, 0.15) is 23.8 Å². The van der Waals surface area contributed by atoms with Crippen LogP contribution in [0.2, 0.25) is 0 Å². The number of ether oxygens (including phenoxy) is 2. The quantitative estimate of drug-likeness (QED) is 0.819. The molecule has 0 spiro atoms. The van der Waals surface area contributed by atoms with Crippen LogP contribution in [0.15, 0.2) is 35.7 Å². The van der Waals surface area contributed by atoms with Gasteiger partial charge in [0.1, 0.15) is 0 Å². The lowest BCUT2D eigenvalue weighted by atomic mass is 10.1. The maximum Gasteiger partial charge on any atom is 0.231 e. The van der Waals surface area contributed by atoms with E-state index in [2.05, 4.69) is 6.07 Å². The third-order valence-corrected chi connectivity index (χ3v) is 4.65. The Hall–Kier alpha value is -2.01. The molecular weight excluding hydrogens is 298 g/mol. The molecule has 0 N–H and O–H groups in total. The highest BCUT2D eigenvalue weighted by atomic mass is 32.1. The maximum atomic E-state index is 12.4. The van der Waals surface area contributed by atoms with Gasteiger partial charge in [-0.3, -0.25) is 4.79 Å². The fraction of sp³-hybridized carbons (Fsp3) is 0.353. The summed E-state index contributed by atoms with van der Waals surface area (Å²) in [5.74, 6) is 1.73. The number of carbonyl (C=O) groups excluding carboxylic acids is 1. The molecule has 5 heteroatoms. The molecule has 0 fully saturated rings. The molecule has 0 saturated carbocycles. The first kappa shape index (κ1) is 14.9. The number of fused-ring (bicyclic) bond motifs is 1. The topological polar surface area (TPSA) is 38.8 Å². The van der Waals surface area contributed by atoms with Gasteiger partial charge in [-0.2, -0.15) is 0 Å². The third-order valence-electron chi connectivity index (χ3n) is 3.71. The van der Waals surface area contributed by atoms with Gasteiger partial charge in [0.25, 0.3) is 0 Å². The van der Waals surface area contributed by atoms with Gasteiger partial charge in [-0.15, -0.1) is 11.3 Å². The van der Waals surface area contributed by atoms with Gasteiger partial charge in [-0.1, -0.05) is 12.1 Å². The van der Waals surface area contributed by atoms with E-state index in [1.807, 2.05) is 41.5 Å². The first-order valence-electron chi connectivity index (χ1n) is 7.45. The van der Waals surface area contributed by atoms with Crippen molar-refractivity contribution in [2.24, 2.45) is 0 Å². The van der Waals surface area contributed by atoms with Crippen LogP contribution in [-0.4, -0.2) is 24.1 Å². The lowest BCUT2D eigenvalue weighted by molar-refractivity contribution is -0.131. The van der Waals surface area contributed by atoms with E-state index in [4.69, 9.17) is 9.47 Å². The van der Waals surface area contributed by atoms with Crippen molar-refractivity contribution in [1.29, 1.82) is 0 Å². The second-order valence-electron chi connectivity index (χ2n) is 5.17. The van der Waals surface area contributed by atoms with E-state index in [0.717, 1.165) is 23.5 Å². The molecule has 0 bridgehead atoms. The summed E-state index contributed by atoms with van der Waals surface area (Å²) in [6, 6.07) is 9.95. The number of rotatable bonds is 6. The summed E-state index contributed by atoms with van der Waals surface area (Å²) in [7, 11) is 0. The Morgan fingerprint density at radius 1 is 1.27 bits per heavy atom. The van der Waals surface area contributed by atoms with E-state index in [1.54, 1.807) is 11.3 Å². The number of carbonyl (C=O) groups is 1. The van der Waals surface area contributed by atoms with Crippen LogP contribution < -0.4 is 9.47 Å². The number of benzene rings is 1. The Bertz CT molecular complexity index is 639. The lowest BCUT2D eigenvalue weighted by Gasteiger charge is -2.21. The summed E-state index contributed by atoms with van der Waals surface area (Å²) < 4.78 is 10.7. The molecule has 4 nitrogen and oxygen atoms in total. The minimum absolute atomic E-state index is 0.188. The maximum absolute atomic E-state index is 12.4. The smallest absolute Gasteiger partial charge is 0.231 e. The van der Waals surface area contributed by atoms with Crippen molar-refractivity contribution in [2.45, 2.75) is 26.3 Å². The molecule has 2 aromatic rings. The normalized spacial score (nSPS) is 12.4. The van der Waals surface area contributed by atoms with Crippen molar-refractivity contribution in [3.8, 4) is 11.5 Å².